The average Bonchev–Trinajstić information content (AvgIpc) is 2.92. The van der Waals surface area contributed by atoms with Gasteiger partial charge in [-0.3, -0.25) is 0 Å². The Kier molecular flexibility index (Phi) is 7.26. The molecule has 1 aromatic rings. The molecule has 116 valence electrons. The second kappa shape index (κ2) is 8.44. The van der Waals surface area contributed by atoms with Crippen LogP contribution in [0.25, 0.3) is 0 Å². The Morgan fingerprint density at radius 2 is 2.05 bits per heavy atom. The third-order valence-corrected chi connectivity index (χ3v) is 4.73. The van der Waals surface area contributed by atoms with Crippen LogP contribution in [0, 0.1) is 5.92 Å². The Hall–Kier alpha value is -0.850. The van der Waals surface area contributed by atoms with Crippen molar-refractivity contribution < 1.29 is 12.8 Å². The van der Waals surface area contributed by atoms with Gasteiger partial charge in [0.2, 0.25) is 5.09 Å². The molecule has 1 unspecified atom stereocenters. The molecule has 0 saturated heterocycles. The van der Waals surface area contributed by atoms with Gasteiger partial charge in [-0.1, -0.05) is 33.1 Å². The molecule has 1 heterocycles. The van der Waals surface area contributed by atoms with Crippen LogP contribution in [-0.4, -0.2) is 22.0 Å². The second-order valence-electron chi connectivity index (χ2n) is 4.98. The fraction of sp³-hybridized carbons (Fsp3) is 0.714. The normalized spacial score (nSPS) is 13.6. The molecule has 2 N–H and O–H groups in total. The fourth-order valence-corrected chi connectivity index (χ4v) is 2.71. The van der Waals surface area contributed by atoms with E-state index in [2.05, 4.69) is 23.9 Å². The molecule has 0 aliphatic carbocycles. The lowest BCUT2D eigenvalue weighted by molar-refractivity contribution is 0.376. The van der Waals surface area contributed by atoms with Crippen molar-refractivity contribution in [3.63, 3.8) is 0 Å². The van der Waals surface area contributed by atoms with E-state index in [0.29, 0.717) is 18.2 Å². The van der Waals surface area contributed by atoms with Crippen LogP contribution in [0.3, 0.4) is 0 Å². The van der Waals surface area contributed by atoms with Crippen molar-refractivity contribution in [2.24, 2.45) is 5.92 Å². The number of hydrogen-bond donors (Lipinski definition) is 2. The maximum atomic E-state index is 11.5. The smallest absolute Gasteiger partial charge is 0.273 e. The van der Waals surface area contributed by atoms with Crippen LogP contribution in [0.15, 0.2) is 21.6 Å². The van der Waals surface area contributed by atoms with E-state index in [9.17, 15) is 8.42 Å². The zero-order valence-electron chi connectivity index (χ0n) is 12.6. The van der Waals surface area contributed by atoms with Crippen LogP contribution in [0.4, 0.5) is 0 Å². The molecule has 1 atom stereocenters. The molecule has 20 heavy (non-hydrogen) atoms. The predicted octanol–water partition coefficient (Wildman–Crippen LogP) is 2.49. The highest BCUT2D eigenvalue weighted by Gasteiger charge is 2.16. The zero-order chi connectivity index (χ0) is 15.0. The highest BCUT2D eigenvalue weighted by Crippen LogP contribution is 2.14. The van der Waals surface area contributed by atoms with Gasteiger partial charge in [0.15, 0.2) is 0 Å². The third kappa shape index (κ3) is 5.26. The average molecular weight is 302 g/mol. The van der Waals surface area contributed by atoms with Gasteiger partial charge in [0.05, 0.1) is 6.54 Å². The van der Waals surface area contributed by atoms with Crippen LogP contribution < -0.4 is 10.0 Å². The lowest BCUT2D eigenvalue weighted by atomic mass is 9.99. The minimum Gasteiger partial charge on any atom is -0.447 e. The van der Waals surface area contributed by atoms with E-state index in [1.54, 1.807) is 6.07 Å². The molecule has 0 fully saturated rings. The molecule has 0 radical (unpaired) electrons. The number of nitrogens with one attached hydrogen (secondary N) is 2. The molecule has 1 rings (SSSR count). The molecule has 0 saturated carbocycles. The van der Waals surface area contributed by atoms with Gasteiger partial charge in [-0.15, -0.1) is 0 Å². The molecular formula is C14H26N2O3S. The van der Waals surface area contributed by atoms with E-state index >= 15 is 0 Å². The first kappa shape index (κ1) is 17.2. The van der Waals surface area contributed by atoms with Gasteiger partial charge in [-0.2, -0.15) is 0 Å². The Bertz CT molecular complexity index is 482. The molecule has 0 spiro atoms. The highest BCUT2D eigenvalue weighted by molar-refractivity contribution is 7.89. The first-order chi connectivity index (χ1) is 9.53. The summed E-state index contributed by atoms with van der Waals surface area (Å²) >= 11 is 0. The van der Waals surface area contributed by atoms with Gasteiger partial charge in [0.1, 0.15) is 5.76 Å². The number of rotatable bonds is 10. The summed E-state index contributed by atoms with van der Waals surface area (Å²) in [6.07, 6.45) is 4.87. The van der Waals surface area contributed by atoms with Crippen molar-refractivity contribution in [2.45, 2.75) is 51.2 Å². The van der Waals surface area contributed by atoms with Crippen LogP contribution in [0.2, 0.25) is 0 Å². The minimum atomic E-state index is -3.48. The van der Waals surface area contributed by atoms with Crippen LogP contribution in [0.1, 0.15) is 45.3 Å². The second-order valence-corrected chi connectivity index (χ2v) is 6.79. The predicted molar refractivity (Wildman–Crippen MR) is 80.0 cm³/mol. The van der Waals surface area contributed by atoms with Crippen molar-refractivity contribution in [3.8, 4) is 0 Å². The highest BCUT2D eigenvalue weighted by atomic mass is 32.2. The molecule has 0 aromatic carbocycles. The van der Waals surface area contributed by atoms with Gasteiger partial charge in [0, 0.05) is 0 Å². The summed E-state index contributed by atoms with van der Waals surface area (Å²) in [6.45, 7) is 5.90. The van der Waals surface area contributed by atoms with Crippen molar-refractivity contribution in [3.05, 3.63) is 17.9 Å². The van der Waals surface area contributed by atoms with Crippen molar-refractivity contribution >= 4 is 10.0 Å². The Morgan fingerprint density at radius 1 is 1.30 bits per heavy atom. The van der Waals surface area contributed by atoms with Crippen molar-refractivity contribution in [2.75, 3.05) is 13.6 Å². The number of hydrogen-bond acceptors (Lipinski definition) is 4. The maximum absolute atomic E-state index is 11.5. The van der Waals surface area contributed by atoms with Crippen LogP contribution in [-0.2, 0) is 16.6 Å². The minimum absolute atomic E-state index is 0.0326. The van der Waals surface area contributed by atoms with Crippen LogP contribution in [0.5, 0.6) is 0 Å². The monoisotopic (exact) mass is 302 g/mol. The molecular weight excluding hydrogens is 276 g/mol. The first-order valence-corrected chi connectivity index (χ1v) is 8.74. The van der Waals surface area contributed by atoms with Gasteiger partial charge in [-0.25, -0.2) is 13.1 Å². The summed E-state index contributed by atoms with van der Waals surface area (Å²) in [4.78, 5) is 0. The summed E-state index contributed by atoms with van der Waals surface area (Å²) < 4.78 is 30.6. The molecule has 6 heteroatoms. The third-order valence-electron chi connectivity index (χ3n) is 3.45. The zero-order valence-corrected chi connectivity index (χ0v) is 13.4. The number of unbranched alkanes of at least 4 members (excludes halogenated alkanes) is 1. The van der Waals surface area contributed by atoms with Crippen molar-refractivity contribution in [1.29, 1.82) is 0 Å². The molecule has 0 aliphatic rings. The fourth-order valence-electron chi connectivity index (χ4n) is 2.04. The summed E-state index contributed by atoms with van der Waals surface area (Å²) in [6, 6.07) is 3.18. The molecule has 1 aromatic heterocycles. The molecule has 0 amide bonds. The quantitative estimate of drug-likeness (QED) is 0.696. The van der Waals surface area contributed by atoms with E-state index < -0.39 is 10.0 Å². The van der Waals surface area contributed by atoms with E-state index in [-0.39, 0.29) is 5.09 Å². The summed E-state index contributed by atoms with van der Waals surface area (Å²) in [5, 5.41) is 3.30. The van der Waals surface area contributed by atoms with Gasteiger partial charge < -0.3 is 9.73 Å². The van der Waals surface area contributed by atoms with E-state index in [1.165, 1.54) is 32.4 Å². The Labute approximate surface area is 122 Å². The lowest BCUT2D eigenvalue weighted by Crippen LogP contribution is -2.22. The van der Waals surface area contributed by atoms with Crippen molar-refractivity contribution in [1.82, 2.24) is 10.0 Å². The maximum Gasteiger partial charge on any atom is 0.273 e. The Balaban J connectivity index is 2.43. The molecule has 0 bridgehead atoms. The van der Waals surface area contributed by atoms with E-state index in [0.717, 1.165) is 13.0 Å². The summed E-state index contributed by atoms with van der Waals surface area (Å²) in [5.41, 5.74) is 0. The van der Waals surface area contributed by atoms with Gasteiger partial charge in [0.25, 0.3) is 10.0 Å². The Morgan fingerprint density at radius 3 is 2.65 bits per heavy atom. The van der Waals surface area contributed by atoms with E-state index in [1.807, 2.05) is 0 Å². The van der Waals surface area contributed by atoms with Gasteiger partial charge >= 0.3 is 0 Å². The van der Waals surface area contributed by atoms with Crippen LogP contribution >= 0.6 is 0 Å². The topological polar surface area (TPSA) is 71.3 Å². The largest absolute Gasteiger partial charge is 0.447 e. The SMILES string of the molecule is CCCCC(CC)CNCc1ccc(S(=O)(=O)NC)o1. The molecule has 0 aliphatic heterocycles. The lowest BCUT2D eigenvalue weighted by Gasteiger charge is -2.14. The summed E-state index contributed by atoms with van der Waals surface area (Å²) in [7, 11) is -2.11. The number of sulfonamides is 1. The summed E-state index contributed by atoms with van der Waals surface area (Å²) in [5.74, 6) is 1.31. The number of furan rings is 1. The first-order valence-electron chi connectivity index (χ1n) is 7.26. The standard InChI is InChI=1S/C14H26N2O3S/c1-4-6-7-12(5-2)10-16-11-13-8-9-14(19-13)20(17,18)15-3/h8-9,12,15-16H,4-7,10-11H2,1-3H3. The van der Waals surface area contributed by atoms with E-state index in [4.69, 9.17) is 4.42 Å². The molecule has 5 nitrogen and oxygen atoms in total. The van der Waals surface area contributed by atoms with Gasteiger partial charge in [-0.05, 0) is 38.1 Å².